The van der Waals surface area contributed by atoms with Crippen molar-refractivity contribution < 1.29 is 4.74 Å². The average Bonchev–Trinajstić information content (AvgIpc) is 2.47. The molecule has 1 rings (SSSR count). The summed E-state index contributed by atoms with van der Waals surface area (Å²) in [4.78, 5) is 9.33. The number of guanidine groups is 1. The molecule has 1 aliphatic heterocycles. The molecule has 0 amide bonds. The van der Waals surface area contributed by atoms with Gasteiger partial charge in [-0.2, -0.15) is 0 Å². The quantitative estimate of drug-likeness (QED) is 0.247. The van der Waals surface area contributed by atoms with E-state index in [4.69, 9.17) is 10.5 Å². The first-order valence-corrected chi connectivity index (χ1v) is 8.14. The molecule has 1 aliphatic rings. The molecule has 0 radical (unpaired) electrons. The van der Waals surface area contributed by atoms with Crippen LogP contribution in [0.5, 0.6) is 0 Å². The normalized spacial score (nSPS) is 18.8. The Bertz CT molecular complexity index is 296. The van der Waals surface area contributed by atoms with Crippen LogP contribution < -0.4 is 11.1 Å². The average molecular weight is 427 g/mol. The van der Waals surface area contributed by atoms with Gasteiger partial charge in [-0.3, -0.25) is 4.99 Å². The minimum Gasteiger partial charge on any atom is -0.382 e. The van der Waals surface area contributed by atoms with E-state index in [2.05, 4.69) is 34.1 Å². The molecule has 22 heavy (non-hydrogen) atoms. The molecule has 132 valence electrons. The van der Waals surface area contributed by atoms with Crippen LogP contribution in [0.3, 0.4) is 0 Å². The van der Waals surface area contributed by atoms with Gasteiger partial charge in [0, 0.05) is 59.0 Å². The van der Waals surface area contributed by atoms with E-state index in [0.717, 1.165) is 52.4 Å². The molecule has 6 nitrogen and oxygen atoms in total. The highest BCUT2D eigenvalue weighted by Crippen LogP contribution is 2.04. The monoisotopic (exact) mass is 427 g/mol. The van der Waals surface area contributed by atoms with Crippen molar-refractivity contribution in [1.29, 1.82) is 0 Å². The van der Waals surface area contributed by atoms with Gasteiger partial charge in [-0.05, 0) is 26.3 Å². The van der Waals surface area contributed by atoms with Crippen molar-refractivity contribution in [3.05, 3.63) is 0 Å². The molecule has 1 saturated heterocycles. The minimum absolute atomic E-state index is 0. The van der Waals surface area contributed by atoms with Crippen molar-refractivity contribution in [2.24, 2.45) is 16.6 Å². The number of hydrogen-bond acceptors (Lipinski definition) is 4. The lowest BCUT2D eigenvalue weighted by Crippen LogP contribution is -2.46. The molecule has 7 heteroatoms. The summed E-state index contributed by atoms with van der Waals surface area (Å²) in [7, 11) is 2.18. The zero-order valence-electron chi connectivity index (χ0n) is 14.4. The van der Waals surface area contributed by atoms with E-state index in [1.165, 1.54) is 13.1 Å². The lowest BCUT2D eigenvalue weighted by molar-refractivity contribution is 0.140. The van der Waals surface area contributed by atoms with Crippen molar-refractivity contribution in [2.45, 2.75) is 20.3 Å². The summed E-state index contributed by atoms with van der Waals surface area (Å²) in [5.74, 6) is 1.09. The summed E-state index contributed by atoms with van der Waals surface area (Å²) in [6.45, 7) is 13.2. The first kappa shape index (κ1) is 21.9. The molecular formula is C15H34IN5O. The maximum Gasteiger partial charge on any atom is 0.188 e. The molecule has 0 aromatic carbocycles. The minimum atomic E-state index is 0. The zero-order chi connectivity index (χ0) is 15.5. The van der Waals surface area contributed by atoms with Crippen LogP contribution in [0.25, 0.3) is 0 Å². The highest BCUT2D eigenvalue weighted by Gasteiger charge is 2.15. The summed E-state index contributed by atoms with van der Waals surface area (Å²) < 4.78 is 5.28. The standard InChI is InChI=1S/C15H33N5O.HI/c1-4-21-11-5-6-17-15(16)18-12-14(2)13-20-9-7-19(3)8-10-20;/h14H,4-13H2,1-3H3,(H3,16,17,18);1H. The van der Waals surface area contributed by atoms with Crippen LogP contribution in [-0.4, -0.2) is 81.8 Å². The highest BCUT2D eigenvalue weighted by molar-refractivity contribution is 14.0. The van der Waals surface area contributed by atoms with Crippen molar-refractivity contribution >= 4 is 29.9 Å². The molecule has 3 N–H and O–H groups in total. The molecule has 1 heterocycles. The van der Waals surface area contributed by atoms with E-state index in [1.807, 2.05) is 6.92 Å². The number of aliphatic imine (C=N–C) groups is 1. The molecule has 0 bridgehead atoms. The van der Waals surface area contributed by atoms with E-state index >= 15 is 0 Å². The Morgan fingerprint density at radius 2 is 2.00 bits per heavy atom. The topological polar surface area (TPSA) is 66.1 Å². The van der Waals surface area contributed by atoms with Gasteiger partial charge in [-0.25, -0.2) is 0 Å². The van der Waals surface area contributed by atoms with Gasteiger partial charge in [-0.15, -0.1) is 24.0 Å². The molecule has 0 aromatic rings. The van der Waals surface area contributed by atoms with Crippen LogP contribution in [0.15, 0.2) is 4.99 Å². The maximum atomic E-state index is 5.87. The Kier molecular flexibility index (Phi) is 13.3. The summed E-state index contributed by atoms with van der Waals surface area (Å²) in [6.07, 6.45) is 0.959. The van der Waals surface area contributed by atoms with E-state index < -0.39 is 0 Å². The van der Waals surface area contributed by atoms with Gasteiger partial charge in [0.1, 0.15) is 0 Å². The number of nitrogens with one attached hydrogen (secondary N) is 1. The van der Waals surface area contributed by atoms with E-state index in [9.17, 15) is 0 Å². The molecule has 0 aromatic heterocycles. The highest BCUT2D eigenvalue weighted by atomic mass is 127. The summed E-state index contributed by atoms with van der Waals surface area (Å²) in [6, 6.07) is 0. The lowest BCUT2D eigenvalue weighted by Gasteiger charge is -2.33. The molecule has 0 saturated carbocycles. The van der Waals surface area contributed by atoms with Crippen molar-refractivity contribution in [1.82, 2.24) is 15.1 Å². The maximum absolute atomic E-state index is 5.87. The summed E-state index contributed by atoms with van der Waals surface area (Å²) in [5.41, 5.74) is 5.87. The Hall–Kier alpha value is -0.120. The van der Waals surface area contributed by atoms with Crippen LogP contribution in [0.1, 0.15) is 20.3 Å². The smallest absolute Gasteiger partial charge is 0.188 e. The Morgan fingerprint density at radius 1 is 1.32 bits per heavy atom. The molecule has 0 spiro atoms. The SMILES string of the molecule is CCOCCCNC(N)=NCC(C)CN1CCN(C)CC1.I. The second kappa shape index (κ2) is 13.3. The molecule has 1 unspecified atom stereocenters. The number of piperazine rings is 1. The predicted molar refractivity (Wildman–Crippen MR) is 104 cm³/mol. The molecular weight excluding hydrogens is 393 g/mol. The van der Waals surface area contributed by atoms with Crippen LogP contribution >= 0.6 is 24.0 Å². The second-order valence-electron chi connectivity index (χ2n) is 5.91. The van der Waals surface area contributed by atoms with E-state index in [-0.39, 0.29) is 24.0 Å². The van der Waals surface area contributed by atoms with E-state index in [1.54, 1.807) is 0 Å². The Morgan fingerprint density at radius 3 is 2.64 bits per heavy atom. The van der Waals surface area contributed by atoms with Gasteiger partial charge in [0.2, 0.25) is 0 Å². The Balaban J connectivity index is 0.00000441. The lowest BCUT2D eigenvalue weighted by atomic mass is 10.1. The number of rotatable bonds is 9. The van der Waals surface area contributed by atoms with Gasteiger partial charge in [0.25, 0.3) is 0 Å². The molecule has 0 aliphatic carbocycles. The van der Waals surface area contributed by atoms with Gasteiger partial charge < -0.3 is 25.6 Å². The van der Waals surface area contributed by atoms with Gasteiger partial charge >= 0.3 is 0 Å². The summed E-state index contributed by atoms with van der Waals surface area (Å²) >= 11 is 0. The third-order valence-corrected chi connectivity index (χ3v) is 3.71. The fraction of sp³-hybridized carbons (Fsp3) is 0.933. The fourth-order valence-corrected chi connectivity index (χ4v) is 2.37. The van der Waals surface area contributed by atoms with Gasteiger partial charge in [0.15, 0.2) is 5.96 Å². The van der Waals surface area contributed by atoms with Crippen LogP contribution in [0.2, 0.25) is 0 Å². The number of likely N-dealkylation sites (N-methyl/N-ethyl adjacent to an activating group) is 1. The van der Waals surface area contributed by atoms with Crippen molar-refractivity contribution in [2.75, 3.05) is 66.1 Å². The van der Waals surface area contributed by atoms with Crippen molar-refractivity contribution in [3.63, 3.8) is 0 Å². The first-order valence-electron chi connectivity index (χ1n) is 8.14. The van der Waals surface area contributed by atoms with Crippen LogP contribution in [0, 0.1) is 5.92 Å². The molecule has 1 atom stereocenters. The largest absolute Gasteiger partial charge is 0.382 e. The number of halogens is 1. The predicted octanol–water partition coefficient (Wildman–Crippen LogP) is 0.819. The third-order valence-electron chi connectivity index (χ3n) is 3.71. The second-order valence-corrected chi connectivity index (χ2v) is 5.91. The zero-order valence-corrected chi connectivity index (χ0v) is 16.7. The fourth-order valence-electron chi connectivity index (χ4n) is 2.37. The van der Waals surface area contributed by atoms with E-state index in [0.29, 0.717) is 11.9 Å². The van der Waals surface area contributed by atoms with Crippen LogP contribution in [-0.2, 0) is 4.74 Å². The first-order chi connectivity index (χ1) is 10.1. The number of ether oxygens (including phenoxy) is 1. The van der Waals surface area contributed by atoms with Crippen LogP contribution in [0.4, 0.5) is 0 Å². The number of hydrogen-bond donors (Lipinski definition) is 2. The summed E-state index contributed by atoms with van der Waals surface area (Å²) in [5, 5.41) is 3.13. The van der Waals surface area contributed by atoms with Gasteiger partial charge in [-0.1, -0.05) is 6.92 Å². The Labute approximate surface area is 152 Å². The molecule has 1 fully saturated rings. The number of nitrogens with zero attached hydrogens (tertiary/aromatic N) is 3. The van der Waals surface area contributed by atoms with Crippen molar-refractivity contribution in [3.8, 4) is 0 Å². The van der Waals surface area contributed by atoms with Gasteiger partial charge in [0.05, 0.1) is 0 Å². The third kappa shape index (κ3) is 10.6. The number of nitrogens with two attached hydrogens (primary N) is 1.